The van der Waals surface area contributed by atoms with E-state index in [1.165, 1.54) is 6.21 Å². The van der Waals surface area contributed by atoms with Crippen LogP contribution < -0.4 is 15.8 Å². The first-order valence-corrected chi connectivity index (χ1v) is 10.8. The van der Waals surface area contributed by atoms with Gasteiger partial charge in [0.2, 0.25) is 0 Å². The topological polar surface area (TPSA) is 61.7 Å². The van der Waals surface area contributed by atoms with Crippen molar-refractivity contribution in [3.63, 3.8) is 0 Å². The third kappa shape index (κ3) is 3.90. The fourth-order valence-electron chi connectivity index (χ4n) is 2.52. The summed E-state index contributed by atoms with van der Waals surface area (Å²) in [7, 11) is 0. The Labute approximate surface area is 157 Å². The van der Waals surface area contributed by atoms with Crippen molar-refractivity contribution in [3.8, 4) is 0 Å². The summed E-state index contributed by atoms with van der Waals surface area (Å²) in [6.07, 6.45) is -0.852. The number of nitrogens with zero attached hydrogens (tertiary/aromatic N) is 1. The van der Waals surface area contributed by atoms with E-state index in [1.54, 1.807) is 24.3 Å². The Bertz CT molecular complexity index is 932. The first kappa shape index (κ1) is 18.1. The molecule has 0 aliphatic rings. The molecule has 0 spiro atoms. The molecule has 0 bridgehead atoms. The Morgan fingerprint density at radius 1 is 0.885 bits per heavy atom. The summed E-state index contributed by atoms with van der Waals surface area (Å²) >= 11 is 6.00. The fraction of sp³-hybridized carbons (Fsp3) is 0. The fourth-order valence-corrected chi connectivity index (χ4v) is 5.33. The molecule has 0 saturated heterocycles. The van der Waals surface area contributed by atoms with E-state index in [9.17, 15) is 9.90 Å². The maximum Gasteiger partial charge on any atom is 0.336 e. The van der Waals surface area contributed by atoms with Gasteiger partial charge in [-0.05, 0) is 6.07 Å². The summed E-state index contributed by atoms with van der Waals surface area (Å²) in [4.78, 5) is 11.3. The highest BCUT2D eigenvalue weighted by Crippen LogP contribution is 2.38. The summed E-state index contributed by atoms with van der Waals surface area (Å²) in [5.74, 6) is -0.988. The van der Waals surface area contributed by atoms with E-state index in [2.05, 4.69) is 10.3 Å². The Hall–Kier alpha value is -2.75. The molecule has 6 heteroatoms. The molecular weight excluding hydrogens is 363 g/mol. The van der Waals surface area contributed by atoms with Gasteiger partial charge < -0.3 is 5.11 Å². The van der Waals surface area contributed by atoms with Crippen molar-refractivity contribution >= 4 is 40.8 Å². The molecule has 0 heterocycles. The third-order valence-corrected chi connectivity index (χ3v) is 7.79. The number of hydrazone groups is 1. The zero-order valence-corrected chi connectivity index (χ0v) is 15.5. The van der Waals surface area contributed by atoms with Crippen LogP contribution in [0.5, 0.6) is 0 Å². The van der Waals surface area contributed by atoms with Crippen LogP contribution in [-0.4, -0.2) is 17.3 Å². The van der Waals surface area contributed by atoms with Crippen LogP contribution in [0.3, 0.4) is 0 Å². The number of rotatable bonds is 6. The van der Waals surface area contributed by atoms with E-state index in [0.717, 1.165) is 10.6 Å². The van der Waals surface area contributed by atoms with E-state index < -0.39 is 12.2 Å². The van der Waals surface area contributed by atoms with Gasteiger partial charge in [0.15, 0.2) is 0 Å². The van der Waals surface area contributed by atoms with Crippen molar-refractivity contribution in [3.05, 3.63) is 96.1 Å². The van der Waals surface area contributed by atoms with Crippen molar-refractivity contribution in [1.29, 1.82) is 0 Å². The van der Waals surface area contributed by atoms with E-state index in [0.29, 0.717) is 5.56 Å². The number of carbonyl (C=O) groups is 1. The lowest BCUT2D eigenvalue weighted by molar-refractivity contribution is 0.0697. The summed E-state index contributed by atoms with van der Waals surface area (Å²) in [5.41, 5.74) is 0.723. The van der Waals surface area contributed by atoms with E-state index in [1.807, 2.05) is 60.7 Å². The zero-order valence-electron chi connectivity index (χ0n) is 13.8. The van der Waals surface area contributed by atoms with E-state index >= 15 is 0 Å². The van der Waals surface area contributed by atoms with Gasteiger partial charge >= 0.3 is 5.97 Å². The average Bonchev–Trinajstić information content (AvgIpc) is 2.69. The van der Waals surface area contributed by atoms with E-state index in [4.69, 9.17) is 11.8 Å². The number of nitrogens with one attached hydrogen (secondary N) is 1. The average molecular weight is 380 g/mol. The highest BCUT2D eigenvalue weighted by molar-refractivity contribution is 8.20. The zero-order chi connectivity index (χ0) is 18.4. The molecule has 3 rings (SSSR count). The van der Waals surface area contributed by atoms with Crippen LogP contribution >= 0.6 is 6.19 Å². The number of hydrogen-bond acceptors (Lipinski definition) is 3. The molecule has 0 unspecified atom stereocenters. The highest BCUT2D eigenvalue weighted by atomic mass is 32.4. The minimum Gasteiger partial charge on any atom is -0.478 e. The van der Waals surface area contributed by atoms with Gasteiger partial charge in [0.1, 0.15) is 6.19 Å². The molecule has 0 atom stereocenters. The molecule has 130 valence electrons. The smallest absolute Gasteiger partial charge is 0.336 e. The maximum absolute atomic E-state index is 11.3. The van der Waals surface area contributed by atoms with Gasteiger partial charge in [-0.15, -0.1) is 0 Å². The molecule has 3 aromatic carbocycles. The molecule has 0 radical (unpaired) electrons. The molecule has 0 saturated carbocycles. The summed E-state index contributed by atoms with van der Waals surface area (Å²) in [6, 6.07) is 26.4. The highest BCUT2D eigenvalue weighted by Gasteiger charge is 2.21. The number of benzene rings is 3. The van der Waals surface area contributed by atoms with Crippen LogP contribution in [0.4, 0.5) is 0 Å². The third-order valence-electron chi connectivity index (χ3n) is 3.83. The second-order valence-electron chi connectivity index (χ2n) is 5.53. The maximum atomic E-state index is 11.3. The lowest BCUT2D eigenvalue weighted by atomic mass is 10.1. The minimum absolute atomic E-state index is 0.200. The Morgan fingerprint density at radius 3 is 1.92 bits per heavy atom. The van der Waals surface area contributed by atoms with Crippen LogP contribution in [0.15, 0.2) is 90.0 Å². The van der Waals surface area contributed by atoms with Crippen LogP contribution in [0, 0.1) is 0 Å². The van der Waals surface area contributed by atoms with Crippen molar-refractivity contribution in [1.82, 2.24) is 5.20 Å². The molecule has 2 N–H and O–H groups in total. The van der Waals surface area contributed by atoms with Gasteiger partial charge in [-0.25, -0.2) is 4.79 Å². The monoisotopic (exact) mass is 380 g/mol. The SMILES string of the molecule is O=C(O)c1ccccc1C=NNP(=S)(c1ccccc1)c1ccccc1. The van der Waals surface area contributed by atoms with Gasteiger partial charge in [0.25, 0.3) is 0 Å². The number of carboxylic acids is 1. The van der Waals surface area contributed by atoms with Gasteiger partial charge in [-0.1, -0.05) is 90.7 Å². The predicted molar refractivity (Wildman–Crippen MR) is 111 cm³/mol. The molecule has 0 amide bonds. The first-order chi connectivity index (χ1) is 12.6. The summed E-state index contributed by atoms with van der Waals surface area (Å²) in [5, 5.41) is 18.7. The Kier molecular flexibility index (Phi) is 5.61. The largest absolute Gasteiger partial charge is 0.478 e. The van der Waals surface area contributed by atoms with Crippen molar-refractivity contribution in [2.75, 3.05) is 0 Å². The molecular formula is C20H17N2O2PS. The van der Waals surface area contributed by atoms with Crippen LogP contribution in [0.25, 0.3) is 0 Å². The predicted octanol–water partition coefficient (Wildman–Crippen LogP) is 3.35. The van der Waals surface area contributed by atoms with Crippen LogP contribution in [-0.2, 0) is 11.8 Å². The Morgan fingerprint density at radius 2 is 1.38 bits per heavy atom. The summed E-state index contributed by atoms with van der Waals surface area (Å²) < 4.78 is 0. The molecule has 0 aliphatic carbocycles. The molecule has 0 aliphatic heterocycles. The lowest BCUT2D eigenvalue weighted by Gasteiger charge is -2.22. The van der Waals surface area contributed by atoms with Crippen molar-refractivity contribution < 1.29 is 9.90 Å². The molecule has 0 fully saturated rings. The molecule has 3 aromatic rings. The first-order valence-electron chi connectivity index (χ1n) is 7.95. The van der Waals surface area contributed by atoms with Gasteiger partial charge in [0, 0.05) is 16.2 Å². The number of carboxylic acid groups (broad SMARTS) is 1. The van der Waals surface area contributed by atoms with Crippen molar-refractivity contribution in [2.24, 2.45) is 5.10 Å². The normalized spacial score (nSPS) is 11.4. The Balaban J connectivity index is 1.96. The van der Waals surface area contributed by atoms with E-state index in [-0.39, 0.29) is 5.56 Å². The summed E-state index contributed by atoms with van der Waals surface area (Å²) in [6.45, 7) is 0. The lowest BCUT2D eigenvalue weighted by Crippen LogP contribution is -2.24. The number of aromatic carboxylic acids is 1. The molecule has 26 heavy (non-hydrogen) atoms. The van der Waals surface area contributed by atoms with Gasteiger partial charge in [-0.3, -0.25) is 5.20 Å². The second kappa shape index (κ2) is 8.09. The second-order valence-corrected chi connectivity index (χ2v) is 9.63. The molecule has 4 nitrogen and oxygen atoms in total. The van der Waals surface area contributed by atoms with Crippen molar-refractivity contribution in [2.45, 2.75) is 0 Å². The number of hydrogen-bond donors (Lipinski definition) is 2. The quantitative estimate of drug-likeness (QED) is 0.391. The standard InChI is InChI=1S/C20H17N2O2PS/c23-20(24)19-14-8-7-9-16(19)15-21-22-25(26,17-10-3-1-4-11-17)18-12-5-2-6-13-18/h1-15H,(H,22,26)(H,23,24). The van der Waals surface area contributed by atoms with Crippen LogP contribution in [0.2, 0.25) is 0 Å². The van der Waals surface area contributed by atoms with Gasteiger partial charge in [0.05, 0.1) is 11.8 Å². The minimum atomic E-state index is -2.36. The molecule has 0 aromatic heterocycles. The van der Waals surface area contributed by atoms with Gasteiger partial charge in [-0.2, -0.15) is 5.10 Å². The van der Waals surface area contributed by atoms with Crippen LogP contribution in [0.1, 0.15) is 15.9 Å².